The van der Waals surface area contributed by atoms with E-state index < -0.39 is 9.84 Å². The number of piperazine rings is 1. The number of carbonyl (C=O) groups is 1. The maximum atomic E-state index is 12.4. The minimum Gasteiger partial charge on any atom is -0.338 e. The second kappa shape index (κ2) is 7.12. The first-order valence-electron chi connectivity index (χ1n) is 8.03. The SMILES string of the molecule is CSCc1noc(CN2CCN(C(=O)N(C)C)[C@@H]3CS(=O)(=O)C[C@@H]32)n1. The van der Waals surface area contributed by atoms with Gasteiger partial charge < -0.3 is 14.3 Å². The summed E-state index contributed by atoms with van der Waals surface area (Å²) >= 11 is 1.61. The van der Waals surface area contributed by atoms with Crippen LogP contribution in [0.3, 0.4) is 0 Å². The van der Waals surface area contributed by atoms with Crippen LogP contribution in [-0.2, 0) is 22.1 Å². The quantitative estimate of drug-likeness (QED) is 0.704. The highest BCUT2D eigenvalue weighted by molar-refractivity contribution is 7.97. The Kier molecular flexibility index (Phi) is 5.26. The monoisotopic (exact) mass is 389 g/mol. The van der Waals surface area contributed by atoms with E-state index in [1.165, 1.54) is 4.90 Å². The van der Waals surface area contributed by atoms with Gasteiger partial charge in [-0.25, -0.2) is 13.2 Å². The topological polar surface area (TPSA) is 99.9 Å². The van der Waals surface area contributed by atoms with Gasteiger partial charge in [0, 0.05) is 33.2 Å². The lowest BCUT2D eigenvalue weighted by Gasteiger charge is -2.44. The molecule has 140 valence electrons. The van der Waals surface area contributed by atoms with Gasteiger partial charge in [0.25, 0.3) is 0 Å². The first kappa shape index (κ1) is 18.5. The van der Waals surface area contributed by atoms with E-state index in [1.807, 2.05) is 11.2 Å². The van der Waals surface area contributed by atoms with Crippen LogP contribution in [0.25, 0.3) is 0 Å². The van der Waals surface area contributed by atoms with Crippen LogP contribution in [0.15, 0.2) is 4.52 Å². The second-order valence-corrected chi connectivity index (χ2v) is 9.61. The van der Waals surface area contributed by atoms with Crippen LogP contribution in [0.5, 0.6) is 0 Å². The number of hydrogen-bond donors (Lipinski definition) is 0. The van der Waals surface area contributed by atoms with E-state index in [1.54, 1.807) is 30.8 Å². The summed E-state index contributed by atoms with van der Waals surface area (Å²) in [6.45, 7) is 1.47. The van der Waals surface area contributed by atoms with Crippen molar-refractivity contribution in [2.45, 2.75) is 24.4 Å². The number of carbonyl (C=O) groups excluding carboxylic acids is 1. The third-order valence-corrected chi connectivity index (χ3v) is 6.79. The molecule has 2 saturated heterocycles. The highest BCUT2D eigenvalue weighted by Crippen LogP contribution is 2.28. The molecule has 2 amide bonds. The maximum Gasteiger partial charge on any atom is 0.319 e. The Morgan fingerprint density at radius 3 is 2.72 bits per heavy atom. The van der Waals surface area contributed by atoms with Crippen molar-refractivity contribution in [3.05, 3.63) is 11.7 Å². The number of amides is 2. The zero-order valence-corrected chi connectivity index (χ0v) is 16.2. The third-order valence-electron chi connectivity index (χ3n) is 4.54. The van der Waals surface area contributed by atoms with Crippen LogP contribution in [0.4, 0.5) is 4.79 Å². The molecular formula is C14H23N5O4S2. The molecule has 3 heterocycles. The van der Waals surface area contributed by atoms with Crippen molar-refractivity contribution < 1.29 is 17.7 Å². The molecule has 0 radical (unpaired) electrons. The van der Waals surface area contributed by atoms with Crippen molar-refractivity contribution in [2.75, 3.05) is 44.9 Å². The fraction of sp³-hybridized carbons (Fsp3) is 0.786. The van der Waals surface area contributed by atoms with Gasteiger partial charge >= 0.3 is 6.03 Å². The molecule has 9 nitrogen and oxygen atoms in total. The summed E-state index contributed by atoms with van der Waals surface area (Å²) < 4.78 is 29.7. The van der Waals surface area contributed by atoms with Crippen LogP contribution >= 0.6 is 11.8 Å². The van der Waals surface area contributed by atoms with Gasteiger partial charge in [0.1, 0.15) is 0 Å². The Bertz CT molecular complexity index is 735. The molecule has 0 N–H and O–H groups in total. The summed E-state index contributed by atoms with van der Waals surface area (Å²) in [6.07, 6.45) is 1.96. The highest BCUT2D eigenvalue weighted by Gasteiger charge is 2.48. The van der Waals surface area contributed by atoms with E-state index in [4.69, 9.17) is 4.52 Å². The smallest absolute Gasteiger partial charge is 0.319 e. The Morgan fingerprint density at radius 2 is 2.04 bits per heavy atom. The minimum absolute atomic E-state index is 0.00923. The molecule has 0 bridgehead atoms. The molecular weight excluding hydrogens is 366 g/mol. The van der Waals surface area contributed by atoms with Gasteiger partial charge in [0.15, 0.2) is 15.7 Å². The zero-order chi connectivity index (χ0) is 18.2. The summed E-state index contributed by atoms with van der Waals surface area (Å²) in [5.41, 5.74) is 0. The molecule has 3 rings (SSSR count). The first-order chi connectivity index (χ1) is 11.8. The highest BCUT2D eigenvalue weighted by atomic mass is 32.2. The summed E-state index contributed by atoms with van der Waals surface area (Å²) in [7, 11) is 0.185. The second-order valence-electron chi connectivity index (χ2n) is 6.59. The molecule has 25 heavy (non-hydrogen) atoms. The van der Waals surface area contributed by atoms with Crippen molar-refractivity contribution in [3.8, 4) is 0 Å². The molecule has 11 heteroatoms. The van der Waals surface area contributed by atoms with E-state index in [0.717, 1.165) is 0 Å². The standard InChI is InChI=1S/C14H23N5O4S2/c1-17(2)14(20)19-5-4-18(10-8-25(21,22)9-11(10)19)6-13-15-12(7-24-3)16-23-13/h10-11H,4-9H2,1-3H3/t10-,11+/m0/s1. The summed E-state index contributed by atoms with van der Waals surface area (Å²) in [5.74, 6) is 1.87. The number of urea groups is 1. The molecule has 0 saturated carbocycles. The Balaban J connectivity index is 1.77. The third kappa shape index (κ3) is 3.93. The van der Waals surface area contributed by atoms with Gasteiger partial charge in [-0.3, -0.25) is 4.90 Å². The largest absolute Gasteiger partial charge is 0.338 e. The number of rotatable bonds is 4. The molecule has 0 unspecified atom stereocenters. The van der Waals surface area contributed by atoms with Crippen LogP contribution in [0.2, 0.25) is 0 Å². The molecule has 0 spiro atoms. The first-order valence-corrected chi connectivity index (χ1v) is 11.2. The number of aromatic nitrogens is 2. The Morgan fingerprint density at radius 1 is 1.32 bits per heavy atom. The van der Waals surface area contributed by atoms with Gasteiger partial charge in [-0.1, -0.05) is 5.16 Å². The summed E-state index contributed by atoms with van der Waals surface area (Å²) in [4.78, 5) is 22.0. The van der Waals surface area contributed by atoms with Crippen molar-refractivity contribution in [1.82, 2.24) is 24.8 Å². The van der Waals surface area contributed by atoms with E-state index in [9.17, 15) is 13.2 Å². The lowest BCUT2D eigenvalue weighted by atomic mass is 10.1. The van der Waals surface area contributed by atoms with Crippen molar-refractivity contribution in [1.29, 1.82) is 0 Å². The maximum absolute atomic E-state index is 12.4. The molecule has 2 fully saturated rings. The van der Waals surface area contributed by atoms with Crippen LogP contribution in [0.1, 0.15) is 11.7 Å². The van der Waals surface area contributed by atoms with Crippen molar-refractivity contribution in [2.24, 2.45) is 0 Å². The lowest BCUT2D eigenvalue weighted by molar-refractivity contribution is 0.0461. The van der Waals surface area contributed by atoms with E-state index in [0.29, 0.717) is 37.1 Å². The average molecular weight is 390 g/mol. The van der Waals surface area contributed by atoms with Crippen molar-refractivity contribution >= 4 is 27.6 Å². The molecule has 1 aromatic rings. The van der Waals surface area contributed by atoms with Crippen LogP contribution < -0.4 is 0 Å². The molecule has 0 aliphatic carbocycles. The average Bonchev–Trinajstić information content (AvgIpc) is 3.10. The van der Waals surface area contributed by atoms with Crippen LogP contribution in [0, 0.1) is 0 Å². The Hall–Kier alpha value is -1.33. The van der Waals surface area contributed by atoms with Gasteiger partial charge in [-0.2, -0.15) is 16.7 Å². The van der Waals surface area contributed by atoms with Crippen LogP contribution in [-0.4, -0.2) is 96.3 Å². The molecule has 2 atom stereocenters. The predicted molar refractivity (Wildman–Crippen MR) is 93.9 cm³/mol. The van der Waals surface area contributed by atoms with Gasteiger partial charge in [0.05, 0.1) is 29.8 Å². The number of hydrogen-bond acceptors (Lipinski definition) is 8. The predicted octanol–water partition coefficient (Wildman–Crippen LogP) is -0.103. The van der Waals surface area contributed by atoms with Crippen molar-refractivity contribution in [3.63, 3.8) is 0 Å². The fourth-order valence-corrected chi connectivity index (χ4v) is 5.82. The Labute approximate surface area is 151 Å². The van der Waals surface area contributed by atoms with E-state index in [-0.39, 0.29) is 29.6 Å². The molecule has 1 aromatic heterocycles. The molecule has 2 aliphatic rings. The van der Waals surface area contributed by atoms with Gasteiger partial charge in [-0.15, -0.1) is 0 Å². The summed E-state index contributed by atoms with van der Waals surface area (Å²) in [6, 6.07) is -0.715. The fourth-order valence-electron chi connectivity index (χ4n) is 3.43. The molecule has 2 aliphatic heterocycles. The lowest BCUT2D eigenvalue weighted by Crippen LogP contribution is -2.61. The minimum atomic E-state index is -3.17. The van der Waals surface area contributed by atoms with Gasteiger partial charge in [0.2, 0.25) is 5.89 Å². The normalized spacial score (nSPS) is 25.8. The van der Waals surface area contributed by atoms with E-state index >= 15 is 0 Å². The number of nitrogens with zero attached hydrogens (tertiary/aromatic N) is 5. The van der Waals surface area contributed by atoms with E-state index in [2.05, 4.69) is 10.1 Å². The zero-order valence-electron chi connectivity index (χ0n) is 14.6. The summed E-state index contributed by atoms with van der Waals surface area (Å²) in [5, 5.41) is 3.93. The number of fused-ring (bicyclic) bond motifs is 1. The molecule has 0 aromatic carbocycles. The van der Waals surface area contributed by atoms with Gasteiger partial charge in [-0.05, 0) is 6.26 Å². The number of sulfone groups is 1. The number of thioether (sulfide) groups is 1.